The van der Waals surface area contributed by atoms with Gasteiger partial charge in [0.2, 0.25) is 0 Å². The van der Waals surface area contributed by atoms with E-state index < -0.39 is 5.97 Å². The van der Waals surface area contributed by atoms with Crippen molar-refractivity contribution < 1.29 is 9.90 Å². The third kappa shape index (κ3) is 2.60. The molecule has 1 aliphatic carbocycles. The zero-order chi connectivity index (χ0) is 16.8. The molecule has 0 unspecified atom stereocenters. The van der Waals surface area contributed by atoms with Gasteiger partial charge in [0.25, 0.3) is 0 Å². The summed E-state index contributed by atoms with van der Waals surface area (Å²) in [5, 5.41) is 13.1. The van der Waals surface area contributed by atoms with Gasteiger partial charge in [-0.2, -0.15) is 0 Å². The van der Waals surface area contributed by atoms with Crippen LogP contribution in [0, 0.1) is 5.92 Å². The molecule has 0 saturated heterocycles. The molecule has 3 nitrogen and oxygen atoms in total. The summed E-state index contributed by atoms with van der Waals surface area (Å²) in [6, 6.07) is 12.0. The van der Waals surface area contributed by atoms with Crippen LogP contribution in [-0.2, 0) is 0 Å². The minimum atomic E-state index is -0.909. The second kappa shape index (κ2) is 6.05. The maximum atomic E-state index is 11.7. The second-order valence-corrected chi connectivity index (χ2v) is 8.08. The zero-order valence-corrected chi connectivity index (χ0v) is 15.8. The number of benzene rings is 2. The van der Waals surface area contributed by atoms with E-state index in [4.69, 9.17) is 0 Å². The van der Waals surface area contributed by atoms with Crippen molar-refractivity contribution in [1.29, 1.82) is 0 Å². The van der Waals surface area contributed by atoms with Crippen molar-refractivity contribution in [3.63, 3.8) is 0 Å². The quantitative estimate of drug-likeness (QED) is 0.576. The van der Waals surface area contributed by atoms with E-state index in [0.29, 0.717) is 11.5 Å². The third-order valence-electron chi connectivity index (χ3n) is 4.87. The fraction of sp³-hybridized carbons (Fsp3) is 0.211. The standard InChI is InChI=1S/C19H15Br2NO2/c20-11-4-1-3-10(7-11)17-14-6-2-5-13(14)15-8-12(21)9-16(19(23)24)18(15)22-17/h1-5,7-9,13-14,17,22H,6H2,(H,23,24)/t13-,14-,17-/m0/s1. The third-order valence-corrected chi connectivity index (χ3v) is 5.82. The summed E-state index contributed by atoms with van der Waals surface area (Å²) in [5.41, 5.74) is 3.29. The fourth-order valence-corrected chi connectivity index (χ4v) is 4.76. The molecule has 3 atom stereocenters. The number of allylic oxidation sites excluding steroid dienone is 2. The van der Waals surface area contributed by atoms with Gasteiger partial charge in [0.05, 0.1) is 17.3 Å². The van der Waals surface area contributed by atoms with E-state index in [1.807, 2.05) is 18.2 Å². The zero-order valence-electron chi connectivity index (χ0n) is 12.7. The lowest BCUT2D eigenvalue weighted by Crippen LogP contribution is -2.30. The van der Waals surface area contributed by atoms with E-state index >= 15 is 0 Å². The first-order chi connectivity index (χ1) is 11.5. The van der Waals surface area contributed by atoms with Crippen molar-refractivity contribution in [1.82, 2.24) is 0 Å². The normalized spacial score (nSPS) is 24.2. The minimum absolute atomic E-state index is 0.0919. The van der Waals surface area contributed by atoms with Gasteiger partial charge in [-0.1, -0.05) is 56.1 Å². The molecule has 0 spiro atoms. The molecule has 1 aliphatic heterocycles. The summed E-state index contributed by atoms with van der Waals surface area (Å²) in [6.45, 7) is 0. The number of nitrogens with one attached hydrogen (secondary N) is 1. The smallest absolute Gasteiger partial charge is 0.337 e. The second-order valence-electron chi connectivity index (χ2n) is 6.25. The summed E-state index contributed by atoms with van der Waals surface area (Å²) in [7, 11) is 0. The highest BCUT2D eigenvalue weighted by Gasteiger charge is 2.39. The Morgan fingerprint density at radius 2 is 2.00 bits per heavy atom. The first-order valence-corrected chi connectivity index (χ1v) is 9.38. The molecule has 0 bridgehead atoms. The van der Waals surface area contributed by atoms with Crippen LogP contribution in [0.1, 0.15) is 39.9 Å². The number of aromatic carboxylic acids is 1. The van der Waals surface area contributed by atoms with Crippen molar-refractivity contribution in [3.8, 4) is 0 Å². The first-order valence-electron chi connectivity index (χ1n) is 7.80. The molecule has 0 amide bonds. The predicted octanol–water partition coefficient (Wildman–Crippen LogP) is 5.74. The molecule has 4 rings (SSSR count). The van der Waals surface area contributed by atoms with Crippen molar-refractivity contribution in [2.24, 2.45) is 5.92 Å². The van der Waals surface area contributed by atoms with Crippen LogP contribution in [0.25, 0.3) is 0 Å². The van der Waals surface area contributed by atoms with Crippen LogP contribution in [0.5, 0.6) is 0 Å². The lowest BCUT2D eigenvalue weighted by atomic mass is 9.76. The van der Waals surface area contributed by atoms with Crippen molar-refractivity contribution >= 4 is 43.5 Å². The van der Waals surface area contributed by atoms with Gasteiger partial charge < -0.3 is 10.4 Å². The molecule has 2 aromatic carbocycles. The van der Waals surface area contributed by atoms with Gasteiger partial charge in [-0.25, -0.2) is 4.79 Å². The Hall–Kier alpha value is -1.59. The number of halogens is 2. The summed E-state index contributed by atoms with van der Waals surface area (Å²) in [4.78, 5) is 11.7. The molecule has 0 aromatic heterocycles. The van der Waals surface area contributed by atoms with E-state index in [1.54, 1.807) is 6.07 Å². The maximum absolute atomic E-state index is 11.7. The Balaban J connectivity index is 1.87. The van der Waals surface area contributed by atoms with Crippen molar-refractivity contribution in [2.75, 3.05) is 5.32 Å². The summed E-state index contributed by atoms with van der Waals surface area (Å²) in [5.74, 6) is -0.281. The van der Waals surface area contributed by atoms with Crippen LogP contribution in [0.3, 0.4) is 0 Å². The highest BCUT2D eigenvalue weighted by atomic mass is 79.9. The molecular formula is C19H15Br2NO2. The molecule has 122 valence electrons. The molecule has 2 aromatic rings. The summed E-state index contributed by atoms with van der Waals surface area (Å²) >= 11 is 6.99. The van der Waals surface area contributed by atoms with Crippen LogP contribution in [0.4, 0.5) is 5.69 Å². The Labute approximate surface area is 157 Å². The average Bonchev–Trinajstić information content (AvgIpc) is 3.03. The number of hydrogen-bond donors (Lipinski definition) is 2. The molecule has 0 radical (unpaired) electrons. The number of hydrogen-bond acceptors (Lipinski definition) is 2. The number of carboxylic acid groups (broad SMARTS) is 1. The van der Waals surface area contributed by atoms with E-state index in [-0.39, 0.29) is 12.0 Å². The number of carbonyl (C=O) groups is 1. The van der Waals surface area contributed by atoms with Crippen molar-refractivity contribution in [3.05, 3.63) is 74.2 Å². The predicted molar refractivity (Wildman–Crippen MR) is 102 cm³/mol. The highest BCUT2D eigenvalue weighted by Crippen LogP contribution is 2.51. The lowest BCUT2D eigenvalue weighted by Gasteiger charge is -2.38. The monoisotopic (exact) mass is 447 g/mol. The van der Waals surface area contributed by atoms with Crippen LogP contribution in [0.2, 0.25) is 0 Å². The van der Waals surface area contributed by atoms with Crippen LogP contribution >= 0.6 is 31.9 Å². The van der Waals surface area contributed by atoms with E-state index in [2.05, 4.69) is 61.5 Å². The number of carboxylic acids is 1. The van der Waals surface area contributed by atoms with Gasteiger partial charge in [0.15, 0.2) is 0 Å². The van der Waals surface area contributed by atoms with Gasteiger partial charge in [-0.15, -0.1) is 0 Å². The maximum Gasteiger partial charge on any atom is 0.337 e. The van der Waals surface area contributed by atoms with Gasteiger partial charge in [-0.05, 0) is 47.7 Å². The van der Waals surface area contributed by atoms with Crippen molar-refractivity contribution in [2.45, 2.75) is 18.4 Å². The molecule has 2 aliphatic rings. The van der Waals surface area contributed by atoms with Gasteiger partial charge in [0, 0.05) is 14.9 Å². The Morgan fingerprint density at radius 1 is 1.17 bits per heavy atom. The molecule has 0 fully saturated rings. The van der Waals surface area contributed by atoms with Gasteiger partial charge >= 0.3 is 5.97 Å². The van der Waals surface area contributed by atoms with Crippen LogP contribution in [0.15, 0.2) is 57.5 Å². The Kier molecular flexibility index (Phi) is 4.01. The molecule has 1 heterocycles. The van der Waals surface area contributed by atoms with Gasteiger partial charge in [0.1, 0.15) is 0 Å². The number of rotatable bonds is 2. The number of fused-ring (bicyclic) bond motifs is 3. The molecule has 5 heteroatoms. The molecule has 0 saturated carbocycles. The highest BCUT2D eigenvalue weighted by molar-refractivity contribution is 9.10. The molecule has 24 heavy (non-hydrogen) atoms. The fourth-order valence-electron chi connectivity index (χ4n) is 3.86. The largest absolute Gasteiger partial charge is 0.478 e. The Morgan fingerprint density at radius 3 is 2.75 bits per heavy atom. The first kappa shape index (κ1) is 15.9. The minimum Gasteiger partial charge on any atom is -0.478 e. The lowest BCUT2D eigenvalue weighted by molar-refractivity contribution is 0.0697. The van der Waals surface area contributed by atoms with Crippen LogP contribution < -0.4 is 5.32 Å². The summed E-state index contributed by atoms with van der Waals surface area (Å²) in [6.07, 6.45) is 5.41. The van der Waals surface area contributed by atoms with E-state index in [0.717, 1.165) is 26.6 Å². The topological polar surface area (TPSA) is 49.3 Å². The molecular weight excluding hydrogens is 434 g/mol. The average molecular weight is 449 g/mol. The Bertz CT molecular complexity index is 862. The SMILES string of the molecule is O=C(O)c1cc(Br)cc2c1N[C@@H](c1cccc(Br)c1)[C@H]1CC=C[C@H]21. The van der Waals surface area contributed by atoms with E-state index in [1.165, 1.54) is 5.56 Å². The van der Waals surface area contributed by atoms with Gasteiger partial charge in [-0.3, -0.25) is 0 Å². The summed E-state index contributed by atoms with van der Waals surface area (Å²) < 4.78 is 1.84. The molecule has 2 N–H and O–H groups in total. The number of anilines is 1. The van der Waals surface area contributed by atoms with E-state index in [9.17, 15) is 9.90 Å². The van der Waals surface area contributed by atoms with Crippen LogP contribution in [-0.4, -0.2) is 11.1 Å².